The second-order valence-corrected chi connectivity index (χ2v) is 4.47. The molecule has 0 radical (unpaired) electrons. The minimum Gasteiger partial charge on any atom is -0.390 e. The maximum atomic E-state index is 10.2. The van der Waals surface area contributed by atoms with Gasteiger partial charge in [0.05, 0.1) is 5.60 Å². The molecule has 1 nitrogen and oxygen atoms in total. The first-order chi connectivity index (χ1) is 5.22. The van der Waals surface area contributed by atoms with E-state index in [0.717, 1.165) is 18.8 Å². The summed E-state index contributed by atoms with van der Waals surface area (Å²) in [4.78, 5) is 0. The molecule has 0 aromatic heterocycles. The van der Waals surface area contributed by atoms with Crippen molar-refractivity contribution in [2.24, 2.45) is 11.8 Å². The molecule has 2 fully saturated rings. The predicted molar refractivity (Wildman–Crippen MR) is 45.3 cm³/mol. The first-order valence-electron chi connectivity index (χ1n) is 4.95. The molecule has 2 saturated carbocycles. The highest BCUT2D eigenvalue weighted by Crippen LogP contribution is 2.48. The molecule has 0 heterocycles. The van der Waals surface area contributed by atoms with Crippen LogP contribution in [-0.2, 0) is 0 Å². The Morgan fingerprint density at radius 3 is 2.73 bits per heavy atom. The Morgan fingerprint density at radius 1 is 1.18 bits per heavy atom. The summed E-state index contributed by atoms with van der Waals surface area (Å²) in [5.41, 5.74) is -0.238. The molecular weight excluding hydrogens is 136 g/mol. The number of aliphatic hydroxyl groups is 1. The molecule has 0 saturated heterocycles. The smallest absolute Gasteiger partial charge is 0.0678 e. The summed E-state index contributed by atoms with van der Waals surface area (Å²) >= 11 is 0. The van der Waals surface area contributed by atoms with E-state index in [-0.39, 0.29) is 5.60 Å². The predicted octanol–water partition coefficient (Wildman–Crippen LogP) is 2.34. The van der Waals surface area contributed by atoms with E-state index in [4.69, 9.17) is 0 Å². The SMILES string of the molecule is C[C@@H]1CC[C@@]2(O)CCCC[C@@H]12. The molecule has 2 aliphatic rings. The minimum absolute atomic E-state index is 0.238. The van der Waals surface area contributed by atoms with Crippen molar-refractivity contribution in [3.63, 3.8) is 0 Å². The summed E-state index contributed by atoms with van der Waals surface area (Å²) in [6.45, 7) is 2.30. The first kappa shape index (κ1) is 7.60. The van der Waals surface area contributed by atoms with E-state index in [0.29, 0.717) is 5.92 Å². The van der Waals surface area contributed by atoms with Gasteiger partial charge < -0.3 is 5.11 Å². The van der Waals surface area contributed by atoms with Crippen LogP contribution in [0.2, 0.25) is 0 Å². The Labute approximate surface area is 68.8 Å². The van der Waals surface area contributed by atoms with Crippen LogP contribution in [0.1, 0.15) is 45.4 Å². The Morgan fingerprint density at radius 2 is 2.00 bits per heavy atom. The van der Waals surface area contributed by atoms with Gasteiger partial charge in [0.15, 0.2) is 0 Å². The van der Waals surface area contributed by atoms with Crippen LogP contribution in [0.3, 0.4) is 0 Å². The van der Waals surface area contributed by atoms with E-state index in [1.54, 1.807) is 0 Å². The lowest BCUT2D eigenvalue weighted by Gasteiger charge is -2.36. The fourth-order valence-electron chi connectivity index (χ4n) is 3.05. The quantitative estimate of drug-likeness (QED) is 0.568. The van der Waals surface area contributed by atoms with E-state index in [1.165, 1.54) is 25.7 Å². The standard InChI is InChI=1S/C10H18O/c1-8-5-7-10(11)6-3-2-4-9(8)10/h8-9,11H,2-7H2,1H3/t8-,9+,10+/m1/s1. The van der Waals surface area contributed by atoms with E-state index < -0.39 is 0 Å². The summed E-state index contributed by atoms with van der Waals surface area (Å²) < 4.78 is 0. The van der Waals surface area contributed by atoms with Crippen LogP contribution in [-0.4, -0.2) is 10.7 Å². The van der Waals surface area contributed by atoms with Crippen molar-refractivity contribution in [3.8, 4) is 0 Å². The van der Waals surface area contributed by atoms with Gasteiger partial charge in [-0.3, -0.25) is 0 Å². The average Bonchev–Trinajstić information content (AvgIpc) is 2.29. The molecule has 0 spiro atoms. The van der Waals surface area contributed by atoms with Crippen molar-refractivity contribution in [2.45, 2.75) is 51.0 Å². The van der Waals surface area contributed by atoms with Crippen LogP contribution in [0, 0.1) is 11.8 Å². The van der Waals surface area contributed by atoms with Gasteiger partial charge in [-0.15, -0.1) is 0 Å². The van der Waals surface area contributed by atoms with Crippen LogP contribution < -0.4 is 0 Å². The summed E-state index contributed by atoms with van der Waals surface area (Å²) in [6.07, 6.45) is 7.26. The average molecular weight is 154 g/mol. The number of hydrogen-bond donors (Lipinski definition) is 1. The van der Waals surface area contributed by atoms with Gasteiger partial charge in [-0.1, -0.05) is 19.8 Å². The topological polar surface area (TPSA) is 20.2 Å². The van der Waals surface area contributed by atoms with Gasteiger partial charge in [0.1, 0.15) is 0 Å². The molecule has 0 aromatic carbocycles. The highest BCUT2D eigenvalue weighted by Gasteiger charge is 2.46. The van der Waals surface area contributed by atoms with Crippen LogP contribution >= 0.6 is 0 Å². The fraction of sp³-hybridized carbons (Fsp3) is 1.00. The third kappa shape index (κ3) is 1.10. The Balaban J connectivity index is 2.14. The maximum absolute atomic E-state index is 10.2. The molecule has 1 N–H and O–H groups in total. The van der Waals surface area contributed by atoms with E-state index >= 15 is 0 Å². The number of hydrogen-bond acceptors (Lipinski definition) is 1. The van der Waals surface area contributed by atoms with Crippen LogP contribution in [0.25, 0.3) is 0 Å². The van der Waals surface area contributed by atoms with Crippen molar-refractivity contribution >= 4 is 0 Å². The summed E-state index contributed by atoms with van der Waals surface area (Å²) in [6, 6.07) is 0. The van der Waals surface area contributed by atoms with Gasteiger partial charge in [-0.2, -0.15) is 0 Å². The van der Waals surface area contributed by atoms with Gasteiger partial charge in [0.25, 0.3) is 0 Å². The van der Waals surface area contributed by atoms with E-state index in [2.05, 4.69) is 6.92 Å². The van der Waals surface area contributed by atoms with Gasteiger partial charge in [-0.05, 0) is 37.5 Å². The fourth-order valence-corrected chi connectivity index (χ4v) is 3.05. The Hall–Kier alpha value is -0.0400. The summed E-state index contributed by atoms with van der Waals surface area (Å²) in [5.74, 6) is 1.41. The van der Waals surface area contributed by atoms with Gasteiger partial charge >= 0.3 is 0 Å². The van der Waals surface area contributed by atoms with Gasteiger partial charge in [0, 0.05) is 0 Å². The zero-order valence-electron chi connectivity index (χ0n) is 7.34. The lowest BCUT2D eigenvalue weighted by molar-refractivity contribution is -0.0356. The number of fused-ring (bicyclic) bond motifs is 1. The van der Waals surface area contributed by atoms with E-state index in [9.17, 15) is 5.11 Å². The monoisotopic (exact) mass is 154 g/mol. The summed E-state index contributed by atoms with van der Waals surface area (Å²) in [5, 5.41) is 10.2. The van der Waals surface area contributed by atoms with Crippen molar-refractivity contribution in [1.29, 1.82) is 0 Å². The highest BCUT2D eigenvalue weighted by atomic mass is 16.3. The molecular formula is C10H18O. The summed E-state index contributed by atoms with van der Waals surface area (Å²) in [7, 11) is 0. The zero-order valence-corrected chi connectivity index (χ0v) is 7.34. The van der Waals surface area contributed by atoms with Crippen molar-refractivity contribution in [1.82, 2.24) is 0 Å². The second kappa shape index (κ2) is 2.48. The largest absolute Gasteiger partial charge is 0.390 e. The highest BCUT2D eigenvalue weighted by molar-refractivity contribution is 4.97. The maximum Gasteiger partial charge on any atom is 0.0678 e. The van der Waals surface area contributed by atoms with E-state index in [1.807, 2.05) is 0 Å². The third-order valence-electron chi connectivity index (χ3n) is 3.78. The lowest BCUT2D eigenvalue weighted by atomic mass is 9.75. The van der Waals surface area contributed by atoms with Crippen LogP contribution in [0.4, 0.5) is 0 Å². The Bertz CT molecular complexity index is 151. The zero-order chi connectivity index (χ0) is 7.90. The van der Waals surface area contributed by atoms with Gasteiger partial charge in [-0.25, -0.2) is 0 Å². The molecule has 0 amide bonds. The molecule has 2 aliphatic carbocycles. The molecule has 11 heavy (non-hydrogen) atoms. The normalized spacial score (nSPS) is 50.7. The minimum atomic E-state index is -0.238. The molecule has 2 rings (SSSR count). The van der Waals surface area contributed by atoms with Crippen molar-refractivity contribution < 1.29 is 5.11 Å². The van der Waals surface area contributed by atoms with Crippen molar-refractivity contribution in [2.75, 3.05) is 0 Å². The molecule has 0 bridgehead atoms. The number of rotatable bonds is 0. The molecule has 0 unspecified atom stereocenters. The Kier molecular flexibility index (Phi) is 1.71. The van der Waals surface area contributed by atoms with Crippen LogP contribution in [0.15, 0.2) is 0 Å². The molecule has 0 aliphatic heterocycles. The third-order valence-corrected chi connectivity index (χ3v) is 3.78. The molecule has 0 aromatic rings. The molecule has 3 atom stereocenters. The lowest BCUT2D eigenvalue weighted by Crippen LogP contribution is -2.37. The van der Waals surface area contributed by atoms with Crippen molar-refractivity contribution in [3.05, 3.63) is 0 Å². The molecule has 1 heteroatoms. The van der Waals surface area contributed by atoms with Gasteiger partial charge in [0.2, 0.25) is 0 Å². The van der Waals surface area contributed by atoms with Crippen LogP contribution in [0.5, 0.6) is 0 Å². The molecule has 64 valence electrons. The second-order valence-electron chi connectivity index (χ2n) is 4.47. The first-order valence-corrected chi connectivity index (χ1v) is 4.95.